The molecule has 0 aromatic heterocycles. The molecule has 2 aromatic carbocycles. The van der Waals surface area contributed by atoms with Crippen molar-refractivity contribution in [2.24, 2.45) is 0 Å². The SMILES string of the molecule is C=CCC(OCc1ccccc1)c1cccc(Cl)c1. The van der Waals surface area contributed by atoms with Gasteiger partial charge < -0.3 is 4.74 Å². The summed E-state index contributed by atoms with van der Waals surface area (Å²) in [6, 6.07) is 17.9. The quantitative estimate of drug-likeness (QED) is 0.659. The molecule has 0 radical (unpaired) electrons. The van der Waals surface area contributed by atoms with E-state index in [1.807, 2.05) is 48.5 Å². The predicted octanol–water partition coefficient (Wildman–Crippen LogP) is 5.17. The van der Waals surface area contributed by atoms with Crippen LogP contribution in [0.4, 0.5) is 0 Å². The first-order valence-electron chi connectivity index (χ1n) is 6.31. The van der Waals surface area contributed by atoms with Gasteiger partial charge in [0.25, 0.3) is 0 Å². The summed E-state index contributed by atoms with van der Waals surface area (Å²) in [6.07, 6.45) is 2.64. The number of rotatable bonds is 6. The highest BCUT2D eigenvalue weighted by Gasteiger charge is 2.10. The topological polar surface area (TPSA) is 9.23 Å². The van der Waals surface area contributed by atoms with E-state index in [1.54, 1.807) is 0 Å². The van der Waals surface area contributed by atoms with Crippen LogP contribution in [0.3, 0.4) is 0 Å². The van der Waals surface area contributed by atoms with Gasteiger partial charge in [-0.1, -0.05) is 60.1 Å². The Kier molecular flexibility index (Phi) is 5.20. The van der Waals surface area contributed by atoms with Gasteiger partial charge in [-0.15, -0.1) is 6.58 Å². The van der Waals surface area contributed by atoms with Crippen LogP contribution in [-0.4, -0.2) is 0 Å². The molecule has 0 heterocycles. The number of benzene rings is 2. The normalized spacial score (nSPS) is 12.1. The van der Waals surface area contributed by atoms with Gasteiger partial charge in [0.05, 0.1) is 12.7 Å². The van der Waals surface area contributed by atoms with E-state index >= 15 is 0 Å². The van der Waals surface area contributed by atoms with E-state index in [9.17, 15) is 0 Å². The number of halogens is 1. The average molecular weight is 273 g/mol. The van der Waals surface area contributed by atoms with Crippen LogP contribution in [0, 0.1) is 0 Å². The van der Waals surface area contributed by atoms with Crippen molar-refractivity contribution in [2.75, 3.05) is 0 Å². The summed E-state index contributed by atoms with van der Waals surface area (Å²) in [5.74, 6) is 0. The van der Waals surface area contributed by atoms with Gasteiger partial charge in [-0.2, -0.15) is 0 Å². The molecule has 1 nitrogen and oxygen atoms in total. The minimum atomic E-state index is -0.00333. The lowest BCUT2D eigenvalue weighted by Crippen LogP contribution is -2.03. The van der Waals surface area contributed by atoms with Gasteiger partial charge in [0, 0.05) is 5.02 Å². The standard InChI is InChI=1S/C17H17ClO/c1-2-7-17(15-10-6-11-16(18)12-15)19-13-14-8-4-3-5-9-14/h2-6,8-12,17H,1,7,13H2. The molecule has 0 aliphatic rings. The lowest BCUT2D eigenvalue weighted by atomic mass is 10.1. The average Bonchev–Trinajstić information content (AvgIpc) is 2.44. The van der Waals surface area contributed by atoms with Gasteiger partial charge in [0.2, 0.25) is 0 Å². The monoisotopic (exact) mass is 272 g/mol. The summed E-state index contributed by atoms with van der Waals surface area (Å²) in [5.41, 5.74) is 2.25. The van der Waals surface area contributed by atoms with Crippen LogP contribution < -0.4 is 0 Å². The zero-order valence-corrected chi connectivity index (χ0v) is 11.5. The first kappa shape index (κ1) is 13.9. The van der Waals surface area contributed by atoms with E-state index in [1.165, 1.54) is 5.56 Å². The molecule has 0 aliphatic carbocycles. The molecule has 2 rings (SSSR count). The molecule has 0 bridgehead atoms. The highest BCUT2D eigenvalue weighted by atomic mass is 35.5. The molecular formula is C17H17ClO. The third-order valence-corrected chi connectivity index (χ3v) is 3.13. The summed E-state index contributed by atoms with van der Waals surface area (Å²) in [5, 5.41) is 0.731. The third kappa shape index (κ3) is 4.23. The fraction of sp³-hybridized carbons (Fsp3) is 0.176. The summed E-state index contributed by atoms with van der Waals surface area (Å²) in [6.45, 7) is 4.38. The maximum Gasteiger partial charge on any atom is 0.0864 e. The van der Waals surface area contributed by atoms with E-state index in [0.29, 0.717) is 6.61 Å². The molecule has 0 spiro atoms. The smallest absolute Gasteiger partial charge is 0.0864 e. The molecule has 2 heteroatoms. The zero-order chi connectivity index (χ0) is 13.5. The van der Waals surface area contributed by atoms with Gasteiger partial charge in [0.1, 0.15) is 0 Å². The van der Waals surface area contributed by atoms with Crippen LogP contribution in [0.15, 0.2) is 67.3 Å². The predicted molar refractivity (Wildman–Crippen MR) is 80.2 cm³/mol. The van der Waals surface area contributed by atoms with E-state index in [2.05, 4.69) is 18.7 Å². The minimum Gasteiger partial charge on any atom is -0.369 e. The molecule has 1 atom stereocenters. The molecular weight excluding hydrogens is 256 g/mol. The van der Waals surface area contributed by atoms with E-state index in [0.717, 1.165) is 17.0 Å². The Hall–Kier alpha value is -1.57. The van der Waals surface area contributed by atoms with Gasteiger partial charge >= 0.3 is 0 Å². The van der Waals surface area contributed by atoms with Crippen molar-refractivity contribution >= 4 is 11.6 Å². The Balaban J connectivity index is 2.06. The Morgan fingerprint density at radius 2 is 1.89 bits per heavy atom. The van der Waals surface area contributed by atoms with Crippen molar-refractivity contribution in [3.8, 4) is 0 Å². The number of hydrogen-bond donors (Lipinski definition) is 0. The fourth-order valence-electron chi connectivity index (χ4n) is 1.93. The molecule has 0 amide bonds. The van der Waals surface area contributed by atoms with Gasteiger partial charge in [-0.3, -0.25) is 0 Å². The second-order valence-corrected chi connectivity index (χ2v) is 4.80. The molecule has 0 saturated carbocycles. The van der Waals surface area contributed by atoms with Gasteiger partial charge in [-0.25, -0.2) is 0 Å². The van der Waals surface area contributed by atoms with Crippen LogP contribution in [0.2, 0.25) is 5.02 Å². The molecule has 0 saturated heterocycles. The first-order valence-corrected chi connectivity index (χ1v) is 6.69. The van der Waals surface area contributed by atoms with Crippen molar-refractivity contribution in [1.82, 2.24) is 0 Å². The lowest BCUT2D eigenvalue weighted by Gasteiger charge is -2.17. The highest BCUT2D eigenvalue weighted by molar-refractivity contribution is 6.30. The summed E-state index contributed by atoms with van der Waals surface area (Å²) >= 11 is 6.02. The maximum absolute atomic E-state index is 6.02. The number of ether oxygens (including phenoxy) is 1. The minimum absolute atomic E-state index is 0.00333. The van der Waals surface area contributed by atoms with Crippen molar-refractivity contribution in [3.05, 3.63) is 83.4 Å². The largest absolute Gasteiger partial charge is 0.369 e. The van der Waals surface area contributed by atoms with Crippen molar-refractivity contribution in [2.45, 2.75) is 19.1 Å². The van der Waals surface area contributed by atoms with Crippen molar-refractivity contribution in [3.63, 3.8) is 0 Å². The van der Waals surface area contributed by atoms with Crippen molar-refractivity contribution in [1.29, 1.82) is 0 Å². The lowest BCUT2D eigenvalue weighted by molar-refractivity contribution is 0.0417. The summed E-state index contributed by atoms with van der Waals surface area (Å²) in [7, 11) is 0. The molecule has 98 valence electrons. The summed E-state index contributed by atoms with van der Waals surface area (Å²) in [4.78, 5) is 0. The van der Waals surface area contributed by atoms with Crippen LogP contribution in [0.25, 0.3) is 0 Å². The second-order valence-electron chi connectivity index (χ2n) is 4.36. The summed E-state index contributed by atoms with van der Waals surface area (Å²) < 4.78 is 5.98. The molecule has 0 N–H and O–H groups in total. The molecule has 0 fully saturated rings. The number of hydrogen-bond acceptors (Lipinski definition) is 1. The maximum atomic E-state index is 6.02. The third-order valence-electron chi connectivity index (χ3n) is 2.90. The van der Waals surface area contributed by atoms with Crippen molar-refractivity contribution < 1.29 is 4.74 Å². The Labute approximate surface area is 119 Å². The molecule has 19 heavy (non-hydrogen) atoms. The van der Waals surface area contributed by atoms with Gasteiger partial charge in [-0.05, 0) is 29.7 Å². The van der Waals surface area contributed by atoms with Crippen LogP contribution >= 0.6 is 11.6 Å². The fourth-order valence-corrected chi connectivity index (χ4v) is 2.13. The Bertz CT molecular complexity index is 522. The molecule has 2 aromatic rings. The Morgan fingerprint density at radius 1 is 1.11 bits per heavy atom. The highest BCUT2D eigenvalue weighted by Crippen LogP contribution is 2.25. The Morgan fingerprint density at radius 3 is 2.58 bits per heavy atom. The van der Waals surface area contributed by atoms with E-state index < -0.39 is 0 Å². The first-order chi connectivity index (χ1) is 9.29. The van der Waals surface area contributed by atoms with Crippen LogP contribution in [-0.2, 0) is 11.3 Å². The van der Waals surface area contributed by atoms with Crippen LogP contribution in [0.1, 0.15) is 23.7 Å². The second kappa shape index (κ2) is 7.13. The molecule has 1 unspecified atom stereocenters. The van der Waals surface area contributed by atoms with Crippen LogP contribution in [0.5, 0.6) is 0 Å². The van der Waals surface area contributed by atoms with Gasteiger partial charge in [0.15, 0.2) is 0 Å². The van der Waals surface area contributed by atoms with E-state index in [-0.39, 0.29) is 6.10 Å². The van der Waals surface area contributed by atoms with E-state index in [4.69, 9.17) is 16.3 Å². The molecule has 0 aliphatic heterocycles. The zero-order valence-electron chi connectivity index (χ0n) is 10.8.